The van der Waals surface area contributed by atoms with Crippen LogP contribution < -0.4 is 20.2 Å². The molecule has 0 spiro atoms. The first-order chi connectivity index (χ1) is 15.7. The van der Waals surface area contributed by atoms with Crippen molar-refractivity contribution in [3.8, 4) is 23.8 Å². The number of carbonyl (C=O) groups excluding carboxylic acids is 2. The van der Waals surface area contributed by atoms with Gasteiger partial charge in [-0.3, -0.25) is 9.59 Å². The number of rotatable bonds is 10. The third-order valence-electron chi connectivity index (χ3n) is 4.03. The predicted molar refractivity (Wildman–Crippen MR) is 117 cm³/mol. The fourth-order valence-electron chi connectivity index (χ4n) is 2.57. The first-order valence-corrected chi connectivity index (χ1v) is 9.85. The number of hydrazone groups is 1. The van der Waals surface area contributed by atoms with E-state index in [0.29, 0.717) is 23.7 Å². The second kappa shape index (κ2) is 12.1. The summed E-state index contributed by atoms with van der Waals surface area (Å²) in [7, 11) is 0. The van der Waals surface area contributed by atoms with Crippen molar-refractivity contribution < 1.29 is 32.2 Å². The zero-order valence-electron chi connectivity index (χ0n) is 17.7. The van der Waals surface area contributed by atoms with E-state index in [-0.39, 0.29) is 25.1 Å². The molecular weight excluding hydrogens is 439 g/mol. The van der Waals surface area contributed by atoms with Gasteiger partial charge in [-0.15, -0.1) is 6.42 Å². The van der Waals surface area contributed by atoms with Crippen LogP contribution in [0.25, 0.3) is 0 Å². The van der Waals surface area contributed by atoms with Crippen LogP contribution in [0.1, 0.15) is 30.9 Å². The molecule has 2 aromatic rings. The van der Waals surface area contributed by atoms with Gasteiger partial charge in [-0.2, -0.15) is 18.3 Å². The molecule has 0 saturated carbocycles. The maximum Gasteiger partial charge on any atom is 0.416 e. The van der Waals surface area contributed by atoms with Crippen molar-refractivity contribution in [2.24, 2.45) is 5.10 Å². The minimum absolute atomic E-state index is 0.00646. The largest absolute Gasteiger partial charge is 0.490 e. The first kappa shape index (κ1) is 25.3. The van der Waals surface area contributed by atoms with E-state index in [0.717, 1.165) is 12.1 Å². The molecule has 33 heavy (non-hydrogen) atoms. The van der Waals surface area contributed by atoms with E-state index in [1.165, 1.54) is 18.3 Å². The molecule has 2 aromatic carbocycles. The average molecular weight is 461 g/mol. The Hall–Kier alpha value is -4.00. The lowest BCUT2D eigenvalue weighted by Gasteiger charge is -2.10. The summed E-state index contributed by atoms with van der Waals surface area (Å²) in [6, 6.07) is 9.24. The molecule has 0 aliphatic carbocycles. The van der Waals surface area contributed by atoms with Crippen LogP contribution in [-0.4, -0.2) is 31.2 Å². The quantitative estimate of drug-likeness (QED) is 0.318. The summed E-state index contributed by atoms with van der Waals surface area (Å²) in [6.45, 7) is 2.31. The third-order valence-corrected chi connectivity index (χ3v) is 4.03. The fourth-order valence-corrected chi connectivity index (χ4v) is 2.57. The topological polar surface area (TPSA) is 89.0 Å². The number of hydrogen-bond acceptors (Lipinski definition) is 5. The van der Waals surface area contributed by atoms with Crippen molar-refractivity contribution in [3.05, 3.63) is 53.6 Å². The highest BCUT2D eigenvalue weighted by molar-refractivity contribution is 5.93. The van der Waals surface area contributed by atoms with Crippen LogP contribution in [0.3, 0.4) is 0 Å². The van der Waals surface area contributed by atoms with Gasteiger partial charge in [0.05, 0.1) is 18.4 Å². The molecule has 174 valence electrons. The lowest BCUT2D eigenvalue weighted by molar-refractivity contribution is -0.137. The maximum atomic E-state index is 12.7. The minimum atomic E-state index is -4.52. The summed E-state index contributed by atoms with van der Waals surface area (Å²) in [5.41, 5.74) is 2.02. The normalized spacial score (nSPS) is 11.0. The van der Waals surface area contributed by atoms with Crippen LogP contribution in [0.5, 0.6) is 11.5 Å². The smallest absolute Gasteiger partial charge is 0.416 e. The van der Waals surface area contributed by atoms with Crippen LogP contribution in [0, 0.1) is 12.3 Å². The van der Waals surface area contributed by atoms with Crippen molar-refractivity contribution in [2.75, 3.05) is 18.5 Å². The van der Waals surface area contributed by atoms with Gasteiger partial charge in [-0.05, 0) is 48.9 Å². The number of nitrogens with zero attached hydrogens (tertiary/aromatic N) is 1. The number of amides is 2. The van der Waals surface area contributed by atoms with Gasteiger partial charge in [0.15, 0.2) is 11.5 Å². The van der Waals surface area contributed by atoms with E-state index >= 15 is 0 Å². The Labute approximate surface area is 189 Å². The number of carbonyl (C=O) groups is 2. The van der Waals surface area contributed by atoms with Crippen LogP contribution in [-0.2, 0) is 15.8 Å². The molecule has 7 nitrogen and oxygen atoms in total. The highest BCUT2D eigenvalue weighted by Gasteiger charge is 2.30. The molecule has 10 heteroatoms. The molecule has 0 saturated heterocycles. The fraction of sp³-hybridized carbons (Fsp3) is 0.261. The van der Waals surface area contributed by atoms with Crippen molar-refractivity contribution in [2.45, 2.75) is 25.9 Å². The number of anilines is 1. The third kappa shape index (κ3) is 8.57. The van der Waals surface area contributed by atoms with E-state index in [1.54, 1.807) is 18.2 Å². The Bertz CT molecular complexity index is 1050. The lowest BCUT2D eigenvalue weighted by atomic mass is 10.2. The predicted octanol–water partition coefficient (Wildman–Crippen LogP) is 3.99. The summed E-state index contributed by atoms with van der Waals surface area (Å²) in [5.74, 6) is 2.17. The first-order valence-electron chi connectivity index (χ1n) is 9.85. The Morgan fingerprint density at radius 1 is 1.09 bits per heavy atom. The second-order valence-electron chi connectivity index (χ2n) is 6.55. The average Bonchev–Trinajstić information content (AvgIpc) is 2.77. The van der Waals surface area contributed by atoms with Crippen LogP contribution in [0.4, 0.5) is 18.9 Å². The molecular formula is C23H22F3N3O4. The number of alkyl halides is 3. The zero-order chi connectivity index (χ0) is 24.3. The van der Waals surface area contributed by atoms with Crippen molar-refractivity contribution in [3.63, 3.8) is 0 Å². The number of benzene rings is 2. The monoisotopic (exact) mass is 461 g/mol. The number of nitrogens with one attached hydrogen (secondary N) is 2. The van der Waals surface area contributed by atoms with Gasteiger partial charge in [-0.25, -0.2) is 5.43 Å². The molecule has 2 rings (SSSR count). The molecule has 0 bridgehead atoms. The van der Waals surface area contributed by atoms with Crippen molar-refractivity contribution >= 4 is 23.7 Å². The van der Waals surface area contributed by atoms with Gasteiger partial charge in [-0.1, -0.05) is 12.0 Å². The van der Waals surface area contributed by atoms with Crippen LogP contribution >= 0.6 is 0 Å². The van der Waals surface area contributed by atoms with Gasteiger partial charge in [0.2, 0.25) is 11.8 Å². The summed E-state index contributed by atoms with van der Waals surface area (Å²) in [5, 5.41) is 6.16. The Morgan fingerprint density at radius 3 is 2.55 bits per heavy atom. The number of halogens is 3. The SMILES string of the molecule is C#CCOc1ccc(C=NNC(=O)CCC(=O)Nc2cccc(C(F)(F)F)c2)cc1OCC. The highest BCUT2D eigenvalue weighted by Crippen LogP contribution is 2.30. The van der Waals surface area contributed by atoms with Gasteiger partial charge < -0.3 is 14.8 Å². The van der Waals surface area contributed by atoms with E-state index in [4.69, 9.17) is 15.9 Å². The molecule has 0 atom stereocenters. The molecule has 0 aliphatic heterocycles. The van der Waals surface area contributed by atoms with E-state index in [2.05, 4.69) is 21.8 Å². The highest BCUT2D eigenvalue weighted by atomic mass is 19.4. The second-order valence-corrected chi connectivity index (χ2v) is 6.55. The molecule has 0 aromatic heterocycles. The van der Waals surface area contributed by atoms with Crippen molar-refractivity contribution in [1.29, 1.82) is 0 Å². The molecule has 0 fully saturated rings. The van der Waals surface area contributed by atoms with E-state index in [1.807, 2.05) is 6.92 Å². The molecule has 2 amide bonds. The van der Waals surface area contributed by atoms with Crippen LogP contribution in [0.15, 0.2) is 47.6 Å². The van der Waals surface area contributed by atoms with E-state index in [9.17, 15) is 22.8 Å². The molecule has 0 radical (unpaired) electrons. The Morgan fingerprint density at radius 2 is 1.85 bits per heavy atom. The number of ether oxygens (including phenoxy) is 2. The summed E-state index contributed by atoms with van der Waals surface area (Å²) >= 11 is 0. The Balaban J connectivity index is 1.84. The zero-order valence-corrected chi connectivity index (χ0v) is 17.7. The van der Waals surface area contributed by atoms with Gasteiger partial charge in [0.1, 0.15) is 6.61 Å². The molecule has 0 unspecified atom stereocenters. The van der Waals surface area contributed by atoms with Gasteiger partial charge in [0.25, 0.3) is 0 Å². The standard InChI is InChI=1S/C23H22F3N3O4/c1-3-12-33-19-9-8-16(13-20(19)32-4-2)15-27-29-22(31)11-10-21(30)28-18-7-5-6-17(14-18)23(24,25)26/h1,5-9,13-15H,4,10-12H2,2H3,(H,28,30)(H,29,31). The lowest BCUT2D eigenvalue weighted by Crippen LogP contribution is -2.20. The molecule has 0 aliphatic rings. The van der Waals surface area contributed by atoms with Gasteiger partial charge in [0, 0.05) is 18.5 Å². The molecule has 2 N–H and O–H groups in total. The van der Waals surface area contributed by atoms with E-state index < -0.39 is 23.6 Å². The minimum Gasteiger partial charge on any atom is -0.490 e. The number of terminal acetylenes is 1. The Kier molecular flexibility index (Phi) is 9.30. The summed E-state index contributed by atoms with van der Waals surface area (Å²) in [6.07, 6.45) is 1.62. The number of hydrogen-bond donors (Lipinski definition) is 2. The summed E-state index contributed by atoms with van der Waals surface area (Å²) < 4.78 is 49.1. The van der Waals surface area contributed by atoms with Gasteiger partial charge >= 0.3 is 6.18 Å². The van der Waals surface area contributed by atoms with Crippen molar-refractivity contribution in [1.82, 2.24) is 5.43 Å². The summed E-state index contributed by atoms with van der Waals surface area (Å²) in [4.78, 5) is 23.8. The molecule has 0 heterocycles. The van der Waals surface area contributed by atoms with Crippen LogP contribution in [0.2, 0.25) is 0 Å². The maximum absolute atomic E-state index is 12.7.